The SMILES string of the molecule is CS(=O)CCNCC(=O)NC1CCCC1. The average Bonchev–Trinajstić information content (AvgIpc) is 2.64. The summed E-state index contributed by atoms with van der Waals surface area (Å²) in [5, 5.41) is 5.98. The van der Waals surface area contributed by atoms with Crippen molar-refractivity contribution in [3.05, 3.63) is 0 Å². The first-order valence-electron chi connectivity index (χ1n) is 5.48. The van der Waals surface area contributed by atoms with Gasteiger partial charge in [-0.3, -0.25) is 9.00 Å². The molecule has 4 nitrogen and oxygen atoms in total. The fourth-order valence-corrected chi connectivity index (χ4v) is 2.20. The summed E-state index contributed by atoms with van der Waals surface area (Å²) in [7, 11) is -0.778. The molecular weight excluding hydrogens is 212 g/mol. The molecule has 1 atom stereocenters. The Morgan fingerprint density at radius 1 is 1.40 bits per heavy atom. The highest BCUT2D eigenvalue weighted by Crippen LogP contribution is 2.17. The Hall–Kier alpha value is -0.420. The predicted molar refractivity (Wildman–Crippen MR) is 62.2 cm³/mol. The molecule has 1 fully saturated rings. The quantitative estimate of drug-likeness (QED) is 0.634. The van der Waals surface area contributed by atoms with Crippen LogP contribution in [-0.2, 0) is 15.6 Å². The monoisotopic (exact) mass is 232 g/mol. The second-order valence-electron chi connectivity index (χ2n) is 4.00. The molecular formula is C10H20N2O2S. The number of amides is 1. The molecule has 0 saturated heterocycles. The molecule has 2 N–H and O–H groups in total. The Bertz CT molecular complexity index is 227. The maximum absolute atomic E-state index is 11.4. The molecule has 1 aliphatic carbocycles. The van der Waals surface area contributed by atoms with E-state index in [1.807, 2.05) is 0 Å². The highest BCUT2D eigenvalue weighted by Gasteiger charge is 2.16. The fraction of sp³-hybridized carbons (Fsp3) is 0.900. The van der Waals surface area contributed by atoms with E-state index in [0.29, 0.717) is 24.9 Å². The molecule has 5 heteroatoms. The van der Waals surface area contributed by atoms with Crippen LogP contribution in [0.1, 0.15) is 25.7 Å². The summed E-state index contributed by atoms with van der Waals surface area (Å²) in [6, 6.07) is 0.389. The van der Waals surface area contributed by atoms with Gasteiger partial charge in [0.25, 0.3) is 0 Å². The molecule has 0 aromatic rings. The van der Waals surface area contributed by atoms with Crippen molar-refractivity contribution in [1.82, 2.24) is 10.6 Å². The Kier molecular flexibility index (Phi) is 5.86. The van der Waals surface area contributed by atoms with E-state index >= 15 is 0 Å². The molecule has 1 rings (SSSR count). The minimum absolute atomic E-state index is 0.0591. The fourth-order valence-electron chi connectivity index (χ4n) is 1.77. The van der Waals surface area contributed by atoms with E-state index < -0.39 is 10.8 Å². The zero-order valence-electron chi connectivity index (χ0n) is 9.25. The smallest absolute Gasteiger partial charge is 0.234 e. The lowest BCUT2D eigenvalue weighted by Gasteiger charge is -2.11. The molecule has 15 heavy (non-hydrogen) atoms. The average molecular weight is 232 g/mol. The lowest BCUT2D eigenvalue weighted by atomic mass is 10.2. The minimum Gasteiger partial charge on any atom is -0.352 e. The van der Waals surface area contributed by atoms with Gasteiger partial charge in [-0.05, 0) is 12.8 Å². The molecule has 0 heterocycles. The zero-order chi connectivity index (χ0) is 11.1. The summed E-state index contributed by atoms with van der Waals surface area (Å²) in [4.78, 5) is 11.4. The zero-order valence-corrected chi connectivity index (χ0v) is 10.1. The lowest BCUT2D eigenvalue weighted by Crippen LogP contribution is -2.39. The van der Waals surface area contributed by atoms with Crippen molar-refractivity contribution in [2.24, 2.45) is 0 Å². The van der Waals surface area contributed by atoms with Crippen LogP contribution < -0.4 is 10.6 Å². The van der Waals surface area contributed by atoms with Crippen LogP contribution >= 0.6 is 0 Å². The van der Waals surface area contributed by atoms with Crippen LogP contribution in [0.25, 0.3) is 0 Å². The third-order valence-corrected chi connectivity index (χ3v) is 3.35. The van der Waals surface area contributed by atoms with Crippen molar-refractivity contribution < 1.29 is 9.00 Å². The van der Waals surface area contributed by atoms with E-state index in [1.54, 1.807) is 6.26 Å². The summed E-state index contributed by atoms with van der Waals surface area (Å²) in [5.74, 6) is 0.667. The Morgan fingerprint density at radius 2 is 2.07 bits per heavy atom. The van der Waals surface area contributed by atoms with Crippen LogP contribution in [0.5, 0.6) is 0 Å². The van der Waals surface area contributed by atoms with Crippen LogP contribution in [0.4, 0.5) is 0 Å². The standard InChI is InChI=1S/C10H20N2O2S/c1-15(14)7-6-11-8-10(13)12-9-4-2-3-5-9/h9,11H,2-8H2,1H3,(H,12,13). The molecule has 1 saturated carbocycles. The van der Waals surface area contributed by atoms with Crippen LogP contribution in [0.2, 0.25) is 0 Å². The van der Waals surface area contributed by atoms with Gasteiger partial charge in [-0.15, -0.1) is 0 Å². The van der Waals surface area contributed by atoms with Crippen molar-refractivity contribution >= 4 is 16.7 Å². The van der Waals surface area contributed by atoms with Gasteiger partial charge >= 0.3 is 0 Å². The summed E-state index contributed by atoms with van der Waals surface area (Å²) in [6.45, 7) is 0.981. The number of hydrogen-bond donors (Lipinski definition) is 2. The Morgan fingerprint density at radius 3 is 2.67 bits per heavy atom. The highest BCUT2D eigenvalue weighted by atomic mass is 32.2. The number of hydrogen-bond acceptors (Lipinski definition) is 3. The molecule has 88 valence electrons. The molecule has 1 unspecified atom stereocenters. The second kappa shape index (κ2) is 6.95. The minimum atomic E-state index is -0.778. The third kappa shape index (κ3) is 5.89. The number of nitrogens with one attached hydrogen (secondary N) is 2. The third-order valence-electron chi connectivity index (χ3n) is 2.57. The first-order chi connectivity index (χ1) is 7.18. The van der Waals surface area contributed by atoms with E-state index in [9.17, 15) is 9.00 Å². The van der Waals surface area contributed by atoms with Gasteiger partial charge in [-0.1, -0.05) is 12.8 Å². The van der Waals surface area contributed by atoms with E-state index in [4.69, 9.17) is 0 Å². The molecule has 0 radical (unpaired) electrons. The maximum Gasteiger partial charge on any atom is 0.234 e. The second-order valence-corrected chi connectivity index (χ2v) is 5.56. The van der Waals surface area contributed by atoms with Crippen LogP contribution in [0.3, 0.4) is 0 Å². The van der Waals surface area contributed by atoms with Crippen molar-refractivity contribution in [3.8, 4) is 0 Å². The number of rotatable bonds is 6. The van der Waals surface area contributed by atoms with Gasteiger partial charge in [0.2, 0.25) is 5.91 Å². The van der Waals surface area contributed by atoms with E-state index in [2.05, 4.69) is 10.6 Å². The number of carbonyl (C=O) groups is 1. The van der Waals surface area contributed by atoms with Gasteiger partial charge in [0.05, 0.1) is 6.54 Å². The summed E-state index contributed by atoms with van der Waals surface area (Å²) in [6.07, 6.45) is 6.36. The topological polar surface area (TPSA) is 58.2 Å². The van der Waals surface area contributed by atoms with E-state index in [-0.39, 0.29) is 5.91 Å². The van der Waals surface area contributed by atoms with Crippen molar-refractivity contribution in [3.63, 3.8) is 0 Å². The highest BCUT2D eigenvalue weighted by molar-refractivity contribution is 7.84. The summed E-state index contributed by atoms with van der Waals surface area (Å²) in [5.41, 5.74) is 0. The summed E-state index contributed by atoms with van der Waals surface area (Å²) < 4.78 is 10.7. The Labute approximate surface area is 93.7 Å². The van der Waals surface area contributed by atoms with Gasteiger partial charge in [0, 0.05) is 35.4 Å². The van der Waals surface area contributed by atoms with Crippen LogP contribution in [-0.4, -0.2) is 41.3 Å². The van der Waals surface area contributed by atoms with Crippen LogP contribution in [0, 0.1) is 0 Å². The molecule has 0 aliphatic heterocycles. The van der Waals surface area contributed by atoms with Crippen molar-refractivity contribution in [1.29, 1.82) is 0 Å². The molecule has 0 spiro atoms. The first kappa shape index (κ1) is 12.6. The predicted octanol–water partition coefficient (Wildman–Crippen LogP) is 0.0133. The van der Waals surface area contributed by atoms with Gasteiger partial charge in [-0.25, -0.2) is 0 Å². The molecule has 1 amide bonds. The van der Waals surface area contributed by atoms with Crippen LogP contribution in [0.15, 0.2) is 0 Å². The van der Waals surface area contributed by atoms with Gasteiger partial charge < -0.3 is 10.6 Å². The summed E-state index contributed by atoms with van der Waals surface area (Å²) >= 11 is 0. The molecule has 0 aromatic carbocycles. The van der Waals surface area contributed by atoms with Gasteiger partial charge in [0.1, 0.15) is 0 Å². The van der Waals surface area contributed by atoms with Gasteiger partial charge in [0.15, 0.2) is 0 Å². The normalized spacial score (nSPS) is 19.0. The first-order valence-corrected chi connectivity index (χ1v) is 7.21. The molecule has 0 bridgehead atoms. The van der Waals surface area contributed by atoms with Crippen molar-refractivity contribution in [2.45, 2.75) is 31.7 Å². The molecule has 0 aromatic heterocycles. The number of carbonyl (C=O) groups excluding carboxylic acids is 1. The molecule has 1 aliphatic rings. The van der Waals surface area contributed by atoms with Crippen molar-refractivity contribution in [2.75, 3.05) is 25.1 Å². The lowest BCUT2D eigenvalue weighted by molar-refractivity contribution is -0.120. The van der Waals surface area contributed by atoms with Gasteiger partial charge in [-0.2, -0.15) is 0 Å². The maximum atomic E-state index is 11.4. The van der Waals surface area contributed by atoms with E-state index in [0.717, 1.165) is 12.8 Å². The largest absolute Gasteiger partial charge is 0.352 e. The van der Waals surface area contributed by atoms with E-state index in [1.165, 1.54) is 12.8 Å². The Balaban J connectivity index is 2.00.